The molecule has 0 bridgehead atoms. The number of ether oxygens (including phenoxy) is 2. The summed E-state index contributed by atoms with van der Waals surface area (Å²) in [6.45, 7) is 0.574. The third-order valence-corrected chi connectivity index (χ3v) is 4.52. The zero-order chi connectivity index (χ0) is 20.6. The largest absolute Gasteiger partial charge is 0.477 e. The van der Waals surface area contributed by atoms with Crippen LogP contribution in [0.3, 0.4) is 0 Å². The molecule has 1 aliphatic rings. The van der Waals surface area contributed by atoms with Gasteiger partial charge in [-0.25, -0.2) is 4.98 Å². The van der Waals surface area contributed by atoms with E-state index in [1.165, 1.54) is 12.8 Å². The first-order valence-corrected chi connectivity index (χ1v) is 9.60. The van der Waals surface area contributed by atoms with Crippen molar-refractivity contribution >= 4 is 29.9 Å². The zero-order valence-electron chi connectivity index (χ0n) is 17.0. The highest BCUT2D eigenvalue weighted by Crippen LogP contribution is 2.29. The Labute approximate surface area is 192 Å². The van der Waals surface area contributed by atoms with E-state index < -0.39 is 6.61 Å². The van der Waals surface area contributed by atoms with Gasteiger partial charge >= 0.3 is 6.61 Å². The van der Waals surface area contributed by atoms with Gasteiger partial charge in [0.15, 0.2) is 5.96 Å². The van der Waals surface area contributed by atoms with E-state index in [0.29, 0.717) is 43.0 Å². The van der Waals surface area contributed by atoms with Gasteiger partial charge in [0.25, 0.3) is 0 Å². The predicted octanol–water partition coefficient (Wildman–Crippen LogP) is 4.26. The molecule has 30 heavy (non-hydrogen) atoms. The Morgan fingerprint density at radius 1 is 1.20 bits per heavy atom. The third-order valence-electron chi connectivity index (χ3n) is 4.52. The van der Waals surface area contributed by atoms with Crippen molar-refractivity contribution in [3.63, 3.8) is 0 Å². The maximum absolute atomic E-state index is 12.6. The highest BCUT2D eigenvalue weighted by atomic mass is 127. The first kappa shape index (κ1) is 24.1. The van der Waals surface area contributed by atoms with Crippen LogP contribution >= 0.6 is 24.0 Å². The SMILES string of the molecule is CN=C(NCc1ccnc(OCC2CC2)c1)NCc1cc(C)ccc1OC(F)F.I. The molecule has 1 saturated carbocycles. The molecule has 0 saturated heterocycles. The second-order valence-corrected chi connectivity index (χ2v) is 7.03. The predicted molar refractivity (Wildman–Crippen MR) is 123 cm³/mol. The number of aryl methyl sites for hydroxylation is 1. The van der Waals surface area contributed by atoms with Gasteiger partial charge in [-0.3, -0.25) is 4.99 Å². The molecule has 0 atom stereocenters. The summed E-state index contributed by atoms with van der Waals surface area (Å²) in [4.78, 5) is 8.41. The summed E-state index contributed by atoms with van der Waals surface area (Å²) in [6, 6.07) is 8.90. The fraction of sp³-hybridized carbons (Fsp3) is 0.429. The van der Waals surface area contributed by atoms with Crippen molar-refractivity contribution in [1.82, 2.24) is 15.6 Å². The van der Waals surface area contributed by atoms with E-state index in [1.807, 2.05) is 25.1 Å². The molecule has 1 aromatic carbocycles. The summed E-state index contributed by atoms with van der Waals surface area (Å²) < 4.78 is 35.5. The fourth-order valence-corrected chi connectivity index (χ4v) is 2.77. The Morgan fingerprint density at radius 3 is 2.67 bits per heavy atom. The third kappa shape index (κ3) is 7.92. The van der Waals surface area contributed by atoms with E-state index in [1.54, 1.807) is 25.4 Å². The number of aromatic nitrogens is 1. The van der Waals surface area contributed by atoms with Crippen LogP contribution in [0.2, 0.25) is 0 Å². The lowest BCUT2D eigenvalue weighted by atomic mass is 10.1. The average molecular weight is 532 g/mol. The minimum absolute atomic E-state index is 0. The minimum Gasteiger partial charge on any atom is -0.477 e. The molecule has 0 radical (unpaired) electrons. The Morgan fingerprint density at radius 2 is 1.97 bits per heavy atom. The highest BCUT2D eigenvalue weighted by Gasteiger charge is 2.22. The van der Waals surface area contributed by atoms with Crippen LogP contribution in [0.15, 0.2) is 41.5 Å². The number of aliphatic imine (C=N–C) groups is 1. The average Bonchev–Trinajstić information content (AvgIpc) is 3.53. The van der Waals surface area contributed by atoms with E-state index in [4.69, 9.17) is 4.74 Å². The Balaban J connectivity index is 0.00000320. The maximum atomic E-state index is 12.6. The van der Waals surface area contributed by atoms with Crippen molar-refractivity contribution in [1.29, 1.82) is 0 Å². The second-order valence-electron chi connectivity index (χ2n) is 7.03. The molecule has 0 spiro atoms. The zero-order valence-corrected chi connectivity index (χ0v) is 19.4. The normalized spacial score (nSPS) is 13.6. The number of benzene rings is 1. The van der Waals surface area contributed by atoms with E-state index in [-0.39, 0.29) is 29.7 Å². The Kier molecular flexibility index (Phi) is 9.54. The van der Waals surface area contributed by atoms with Crippen LogP contribution in [0, 0.1) is 12.8 Å². The fourth-order valence-electron chi connectivity index (χ4n) is 2.77. The molecule has 1 aromatic heterocycles. The van der Waals surface area contributed by atoms with E-state index in [9.17, 15) is 8.78 Å². The summed E-state index contributed by atoms with van der Waals surface area (Å²) in [7, 11) is 1.65. The molecule has 2 aromatic rings. The van der Waals surface area contributed by atoms with Crippen LogP contribution in [-0.2, 0) is 13.1 Å². The number of rotatable bonds is 9. The van der Waals surface area contributed by atoms with Gasteiger partial charge in [-0.05, 0) is 43.4 Å². The van der Waals surface area contributed by atoms with Crippen molar-refractivity contribution in [2.24, 2.45) is 10.9 Å². The van der Waals surface area contributed by atoms with Crippen LogP contribution in [0.25, 0.3) is 0 Å². The van der Waals surface area contributed by atoms with Gasteiger partial charge < -0.3 is 20.1 Å². The van der Waals surface area contributed by atoms with Crippen molar-refractivity contribution < 1.29 is 18.3 Å². The topological polar surface area (TPSA) is 67.8 Å². The molecule has 0 amide bonds. The summed E-state index contributed by atoms with van der Waals surface area (Å²) in [6.07, 6.45) is 4.18. The molecule has 3 rings (SSSR count). The van der Waals surface area contributed by atoms with Crippen molar-refractivity contribution in [2.45, 2.75) is 39.5 Å². The number of alkyl halides is 2. The molecule has 9 heteroatoms. The minimum atomic E-state index is -2.86. The molecular formula is C21H27F2IN4O2. The summed E-state index contributed by atoms with van der Waals surface area (Å²) in [5, 5.41) is 6.33. The quantitative estimate of drug-likeness (QED) is 0.287. The highest BCUT2D eigenvalue weighted by molar-refractivity contribution is 14.0. The van der Waals surface area contributed by atoms with Crippen molar-refractivity contribution in [3.8, 4) is 11.6 Å². The van der Waals surface area contributed by atoms with Gasteiger partial charge in [-0.1, -0.05) is 17.7 Å². The maximum Gasteiger partial charge on any atom is 0.387 e. The van der Waals surface area contributed by atoms with Gasteiger partial charge in [-0.2, -0.15) is 8.78 Å². The number of hydrogen-bond donors (Lipinski definition) is 2. The lowest BCUT2D eigenvalue weighted by Gasteiger charge is -2.15. The molecule has 1 aliphatic carbocycles. The van der Waals surface area contributed by atoms with Crippen molar-refractivity contribution in [3.05, 3.63) is 53.2 Å². The van der Waals surface area contributed by atoms with Crippen LogP contribution < -0.4 is 20.1 Å². The summed E-state index contributed by atoms with van der Waals surface area (Å²) in [5.74, 6) is 1.99. The van der Waals surface area contributed by atoms with E-state index in [2.05, 4.69) is 25.3 Å². The van der Waals surface area contributed by atoms with Gasteiger partial charge in [0, 0.05) is 38.0 Å². The molecule has 2 N–H and O–H groups in total. The van der Waals surface area contributed by atoms with Gasteiger partial charge in [0.2, 0.25) is 5.88 Å². The summed E-state index contributed by atoms with van der Waals surface area (Å²) >= 11 is 0. The van der Waals surface area contributed by atoms with Crippen LogP contribution in [0.1, 0.15) is 29.5 Å². The molecule has 1 heterocycles. The number of nitrogens with one attached hydrogen (secondary N) is 2. The molecular weight excluding hydrogens is 505 g/mol. The standard InChI is InChI=1S/C21H26F2N4O2.HI/c1-14-3-6-18(29-20(22)23)17(9-14)12-27-21(24-2)26-11-16-7-8-25-19(10-16)28-13-15-4-5-15;/h3,6-10,15,20H,4-5,11-13H2,1-2H3,(H2,24,26,27);1H. The first-order chi connectivity index (χ1) is 14.0. The van der Waals surface area contributed by atoms with Gasteiger partial charge in [0.1, 0.15) is 5.75 Å². The number of hydrogen-bond acceptors (Lipinski definition) is 4. The number of nitrogens with zero attached hydrogens (tertiary/aromatic N) is 2. The monoisotopic (exact) mass is 532 g/mol. The molecule has 0 aliphatic heterocycles. The first-order valence-electron chi connectivity index (χ1n) is 9.60. The number of halogens is 3. The van der Waals surface area contributed by atoms with Crippen LogP contribution in [0.5, 0.6) is 11.6 Å². The molecule has 0 unspecified atom stereocenters. The number of guanidine groups is 1. The second kappa shape index (κ2) is 11.9. The van der Waals surface area contributed by atoms with E-state index >= 15 is 0 Å². The number of pyridine rings is 1. The Hall–Kier alpha value is -2.17. The smallest absolute Gasteiger partial charge is 0.387 e. The van der Waals surface area contributed by atoms with Crippen molar-refractivity contribution in [2.75, 3.05) is 13.7 Å². The molecule has 164 valence electrons. The van der Waals surface area contributed by atoms with Gasteiger partial charge in [0.05, 0.1) is 6.61 Å². The summed E-state index contributed by atoms with van der Waals surface area (Å²) in [5.41, 5.74) is 2.60. The van der Waals surface area contributed by atoms with Crippen LogP contribution in [0.4, 0.5) is 8.78 Å². The Bertz CT molecular complexity index is 848. The van der Waals surface area contributed by atoms with Gasteiger partial charge in [-0.15, -0.1) is 24.0 Å². The lowest BCUT2D eigenvalue weighted by Crippen LogP contribution is -2.36. The molecule has 1 fully saturated rings. The van der Waals surface area contributed by atoms with Crippen LogP contribution in [-0.4, -0.2) is 31.2 Å². The molecule has 6 nitrogen and oxygen atoms in total. The lowest BCUT2D eigenvalue weighted by molar-refractivity contribution is -0.0504. The van der Waals surface area contributed by atoms with E-state index in [0.717, 1.165) is 11.1 Å².